The molecular formula is C24H21ClN8O4. The van der Waals surface area contributed by atoms with E-state index in [0.29, 0.717) is 60.2 Å². The van der Waals surface area contributed by atoms with Crippen LogP contribution in [-0.4, -0.2) is 74.2 Å². The Bertz CT molecular complexity index is 1460. The Morgan fingerprint density at radius 3 is 2.46 bits per heavy atom. The van der Waals surface area contributed by atoms with Crippen LogP contribution in [0.25, 0.3) is 33.5 Å². The van der Waals surface area contributed by atoms with Crippen LogP contribution in [0.5, 0.6) is 0 Å². The van der Waals surface area contributed by atoms with E-state index in [9.17, 15) is 9.59 Å². The van der Waals surface area contributed by atoms with Gasteiger partial charge in [0.25, 0.3) is 0 Å². The summed E-state index contributed by atoms with van der Waals surface area (Å²) in [7, 11) is 0. The second-order valence-electron chi connectivity index (χ2n) is 8.05. The minimum absolute atomic E-state index is 0.0458. The second kappa shape index (κ2) is 10.7. The van der Waals surface area contributed by atoms with Crippen molar-refractivity contribution in [3.05, 3.63) is 48.9 Å². The maximum atomic E-state index is 11.7. The number of ether oxygens (including phenoxy) is 1. The lowest BCUT2D eigenvalue weighted by molar-refractivity contribution is -0.113. The van der Waals surface area contributed by atoms with Crippen LogP contribution in [0.1, 0.15) is 0 Å². The minimum Gasteiger partial charge on any atom is -0.465 e. The van der Waals surface area contributed by atoms with Crippen LogP contribution < -0.4 is 15.5 Å². The molecule has 3 N–H and O–H groups in total. The van der Waals surface area contributed by atoms with Crippen molar-refractivity contribution in [2.24, 2.45) is 0 Å². The molecule has 1 fully saturated rings. The molecule has 13 heteroatoms. The number of carbonyl (C=O) groups excluding carboxylic acids is 1. The molecule has 0 spiro atoms. The third kappa shape index (κ3) is 5.55. The van der Waals surface area contributed by atoms with Crippen LogP contribution in [-0.2, 0) is 9.53 Å². The smallest absolute Gasteiger partial charge is 0.411 e. The molecule has 37 heavy (non-hydrogen) atoms. The van der Waals surface area contributed by atoms with E-state index in [1.165, 1.54) is 12.4 Å². The molecule has 0 aliphatic carbocycles. The highest BCUT2D eigenvalue weighted by atomic mass is 35.5. The zero-order chi connectivity index (χ0) is 25.8. The van der Waals surface area contributed by atoms with Crippen molar-refractivity contribution in [3.8, 4) is 22.5 Å². The average molecular weight is 521 g/mol. The molecule has 188 valence electrons. The molecule has 1 aliphatic rings. The predicted octanol–water partition coefficient (Wildman–Crippen LogP) is 3.25. The fourth-order valence-corrected chi connectivity index (χ4v) is 3.93. The standard InChI is InChI=1S/C24H21ClN8O4/c25-10-19(34)29-17-3-1-2-14(8-17)15-9-18-20(26-11-15)22(33-4-6-37-7-5-33)31-21(30-18)16-12-27-23(28-13-16)32-24(35)36/h1-3,8-9,11-13H,4-7,10H2,(H,29,34)(H,35,36)(H,27,28,32). The predicted molar refractivity (Wildman–Crippen MR) is 138 cm³/mol. The number of pyridine rings is 1. The number of rotatable bonds is 6. The number of carboxylic acid groups (broad SMARTS) is 1. The molecule has 4 aromatic rings. The maximum Gasteiger partial charge on any atom is 0.411 e. The molecule has 1 aromatic carbocycles. The van der Waals surface area contributed by atoms with E-state index in [0.717, 1.165) is 11.1 Å². The van der Waals surface area contributed by atoms with E-state index in [1.807, 2.05) is 24.3 Å². The van der Waals surface area contributed by atoms with Crippen LogP contribution in [0.4, 0.5) is 22.2 Å². The van der Waals surface area contributed by atoms with Gasteiger partial charge in [0, 0.05) is 42.9 Å². The van der Waals surface area contributed by atoms with Gasteiger partial charge in [0.15, 0.2) is 11.6 Å². The number of morpholine rings is 1. The lowest BCUT2D eigenvalue weighted by Crippen LogP contribution is -2.37. The van der Waals surface area contributed by atoms with Gasteiger partial charge in [-0.3, -0.25) is 15.1 Å². The number of anilines is 3. The number of nitrogens with zero attached hydrogens (tertiary/aromatic N) is 6. The maximum absolute atomic E-state index is 11.7. The summed E-state index contributed by atoms with van der Waals surface area (Å²) in [6.07, 6.45) is 3.41. The number of alkyl halides is 1. The molecule has 1 saturated heterocycles. The number of hydrogen-bond acceptors (Lipinski definition) is 9. The summed E-state index contributed by atoms with van der Waals surface area (Å²) in [4.78, 5) is 46.9. The zero-order valence-electron chi connectivity index (χ0n) is 19.4. The van der Waals surface area contributed by atoms with Gasteiger partial charge in [-0.05, 0) is 23.8 Å². The summed E-state index contributed by atoms with van der Waals surface area (Å²) < 4.78 is 5.50. The second-order valence-corrected chi connectivity index (χ2v) is 8.32. The average Bonchev–Trinajstić information content (AvgIpc) is 2.92. The molecule has 3 aromatic heterocycles. The molecule has 0 bridgehead atoms. The van der Waals surface area contributed by atoms with Gasteiger partial charge < -0.3 is 20.1 Å². The number of nitrogens with one attached hydrogen (secondary N) is 2. The third-order valence-electron chi connectivity index (χ3n) is 5.56. The van der Waals surface area contributed by atoms with Gasteiger partial charge in [-0.25, -0.2) is 24.7 Å². The van der Waals surface area contributed by atoms with E-state index in [-0.39, 0.29) is 17.7 Å². The van der Waals surface area contributed by atoms with Crippen molar-refractivity contribution in [3.63, 3.8) is 0 Å². The zero-order valence-corrected chi connectivity index (χ0v) is 20.1. The first kappa shape index (κ1) is 24.3. The number of aromatic nitrogens is 5. The molecule has 4 heterocycles. The molecule has 12 nitrogen and oxygen atoms in total. The monoisotopic (exact) mass is 520 g/mol. The van der Waals surface area contributed by atoms with Gasteiger partial charge in [-0.2, -0.15) is 0 Å². The highest BCUT2D eigenvalue weighted by molar-refractivity contribution is 6.29. The van der Waals surface area contributed by atoms with Crippen molar-refractivity contribution in [1.29, 1.82) is 0 Å². The molecule has 0 unspecified atom stereocenters. The summed E-state index contributed by atoms with van der Waals surface area (Å²) in [5.74, 6) is 0.553. The van der Waals surface area contributed by atoms with Gasteiger partial charge >= 0.3 is 6.09 Å². The van der Waals surface area contributed by atoms with Crippen molar-refractivity contribution >= 4 is 52.1 Å². The van der Waals surface area contributed by atoms with E-state index in [2.05, 4.69) is 25.5 Å². The summed E-state index contributed by atoms with van der Waals surface area (Å²) in [6.45, 7) is 2.43. The summed E-state index contributed by atoms with van der Waals surface area (Å²) in [6, 6.07) is 9.26. The first-order chi connectivity index (χ1) is 18.0. The number of benzene rings is 1. The molecule has 0 atom stereocenters. The summed E-state index contributed by atoms with van der Waals surface area (Å²) >= 11 is 5.61. The molecular weight excluding hydrogens is 500 g/mol. The lowest BCUT2D eigenvalue weighted by Gasteiger charge is -2.28. The fraction of sp³-hybridized carbons (Fsp3) is 0.208. The number of halogens is 1. The Labute approximate surface area is 215 Å². The Kier molecular flexibility index (Phi) is 7.01. The van der Waals surface area contributed by atoms with Crippen molar-refractivity contribution in [2.75, 3.05) is 47.7 Å². The summed E-state index contributed by atoms with van der Waals surface area (Å²) in [5, 5.41) is 13.7. The quantitative estimate of drug-likeness (QED) is 0.322. The first-order valence-corrected chi connectivity index (χ1v) is 11.8. The normalized spacial score (nSPS) is 13.4. The lowest BCUT2D eigenvalue weighted by atomic mass is 10.1. The highest BCUT2D eigenvalue weighted by Gasteiger charge is 2.20. The van der Waals surface area contributed by atoms with Crippen molar-refractivity contribution < 1.29 is 19.4 Å². The first-order valence-electron chi connectivity index (χ1n) is 11.3. The van der Waals surface area contributed by atoms with E-state index < -0.39 is 6.09 Å². The molecule has 2 amide bonds. The Morgan fingerprint density at radius 1 is 0.973 bits per heavy atom. The van der Waals surface area contributed by atoms with Crippen LogP contribution in [0.2, 0.25) is 0 Å². The minimum atomic E-state index is -1.26. The van der Waals surface area contributed by atoms with Crippen molar-refractivity contribution in [1.82, 2.24) is 24.9 Å². The Morgan fingerprint density at radius 2 is 1.73 bits per heavy atom. The number of hydrogen-bond donors (Lipinski definition) is 3. The molecule has 5 rings (SSSR count). The number of amides is 2. The van der Waals surface area contributed by atoms with Crippen LogP contribution in [0, 0.1) is 0 Å². The number of fused-ring (bicyclic) bond motifs is 1. The third-order valence-corrected chi connectivity index (χ3v) is 5.80. The van der Waals surface area contributed by atoms with Gasteiger partial charge in [0.2, 0.25) is 11.9 Å². The molecule has 0 radical (unpaired) electrons. The molecule has 1 aliphatic heterocycles. The van der Waals surface area contributed by atoms with Gasteiger partial charge in [-0.15, -0.1) is 11.6 Å². The van der Waals surface area contributed by atoms with Crippen LogP contribution in [0.15, 0.2) is 48.9 Å². The molecule has 0 saturated carbocycles. The van der Waals surface area contributed by atoms with Crippen LogP contribution in [0.3, 0.4) is 0 Å². The Balaban J connectivity index is 1.58. The van der Waals surface area contributed by atoms with Gasteiger partial charge in [0.05, 0.1) is 24.3 Å². The Hall–Kier alpha value is -4.42. The fourth-order valence-electron chi connectivity index (χ4n) is 3.86. The van der Waals surface area contributed by atoms with Gasteiger partial charge in [-0.1, -0.05) is 12.1 Å². The van der Waals surface area contributed by atoms with E-state index in [4.69, 9.17) is 36.4 Å². The SMILES string of the molecule is O=C(O)Nc1ncc(-c2nc(N3CCOCC3)c3ncc(-c4cccc(NC(=O)CCl)c4)cc3n2)cn1. The van der Waals surface area contributed by atoms with E-state index in [1.54, 1.807) is 12.3 Å². The van der Waals surface area contributed by atoms with Crippen molar-refractivity contribution in [2.45, 2.75) is 0 Å². The van der Waals surface area contributed by atoms with Gasteiger partial charge in [0.1, 0.15) is 11.4 Å². The number of carbonyl (C=O) groups is 2. The van der Waals surface area contributed by atoms with E-state index >= 15 is 0 Å². The largest absolute Gasteiger partial charge is 0.465 e. The highest BCUT2D eigenvalue weighted by Crippen LogP contribution is 2.30. The van der Waals surface area contributed by atoms with Crippen LogP contribution >= 0.6 is 11.6 Å². The summed E-state index contributed by atoms with van der Waals surface area (Å²) in [5.41, 5.74) is 4.00. The topological polar surface area (TPSA) is 155 Å².